The van der Waals surface area contributed by atoms with Gasteiger partial charge >= 0.3 is 0 Å². The van der Waals surface area contributed by atoms with Crippen LogP contribution in [0.15, 0.2) is 60.7 Å². The molecule has 0 amide bonds. The average molecular weight is 467 g/mol. The average Bonchev–Trinajstić information content (AvgIpc) is 2.87. The van der Waals surface area contributed by atoms with Crippen molar-refractivity contribution in [2.45, 2.75) is 50.0 Å². The van der Waals surface area contributed by atoms with E-state index in [1.807, 2.05) is 60.7 Å². The van der Waals surface area contributed by atoms with Crippen molar-refractivity contribution in [2.24, 2.45) is 0 Å². The van der Waals surface area contributed by atoms with E-state index in [0.29, 0.717) is 13.2 Å². The lowest BCUT2D eigenvalue weighted by Gasteiger charge is -2.39. The summed E-state index contributed by atoms with van der Waals surface area (Å²) < 4.78 is 22.8. The van der Waals surface area contributed by atoms with Crippen molar-refractivity contribution in [1.82, 2.24) is 0 Å². The summed E-state index contributed by atoms with van der Waals surface area (Å²) in [5, 5.41) is 46.3. The van der Waals surface area contributed by atoms with Crippen molar-refractivity contribution in [3.8, 4) is 0 Å². The van der Waals surface area contributed by atoms with Gasteiger partial charge in [0.25, 0.3) is 0 Å². The fourth-order valence-corrected chi connectivity index (χ4v) is 3.22. The van der Waals surface area contributed by atoms with Crippen LogP contribution < -0.4 is 0 Å². The molecular formula is C24H34O9. The molecule has 184 valence electrons. The summed E-state index contributed by atoms with van der Waals surface area (Å²) in [7, 11) is 1.00. The van der Waals surface area contributed by atoms with E-state index in [2.05, 4.69) is 0 Å². The molecule has 3 rings (SSSR count). The predicted molar refractivity (Wildman–Crippen MR) is 119 cm³/mol. The highest BCUT2D eigenvalue weighted by atomic mass is 16.7. The lowest BCUT2D eigenvalue weighted by Crippen LogP contribution is -2.59. The molecular weight excluding hydrogens is 432 g/mol. The Labute approximate surface area is 193 Å². The van der Waals surface area contributed by atoms with Crippen LogP contribution in [-0.2, 0) is 32.2 Å². The number of ether oxygens (including phenoxy) is 4. The summed E-state index contributed by atoms with van der Waals surface area (Å²) >= 11 is 0. The molecule has 1 fully saturated rings. The van der Waals surface area contributed by atoms with E-state index in [0.717, 1.165) is 18.2 Å². The normalized spacial score (nSPS) is 25.7. The zero-order valence-corrected chi connectivity index (χ0v) is 18.6. The number of hydrogen-bond acceptors (Lipinski definition) is 9. The first kappa shape index (κ1) is 27.3. The largest absolute Gasteiger partial charge is 0.400 e. The summed E-state index contributed by atoms with van der Waals surface area (Å²) in [5.74, 6) is 0. The van der Waals surface area contributed by atoms with Gasteiger partial charge in [-0.2, -0.15) is 0 Å². The molecule has 1 aliphatic rings. The fourth-order valence-electron chi connectivity index (χ4n) is 3.22. The van der Waals surface area contributed by atoms with Crippen LogP contribution in [0.1, 0.15) is 11.1 Å². The van der Waals surface area contributed by atoms with Crippen LogP contribution >= 0.6 is 0 Å². The van der Waals surface area contributed by atoms with Gasteiger partial charge in [-0.05, 0) is 11.1 Å². The molecule has 6 atom stereocenters. The van der Waals surface area contributed by atoms with Crippen LogP contribution in [0, 0.1) is 0 Å². The van der Waals surface area contributed by atoms with Crippen molar-refractivity contribution < 1.29 is 44.5 Å². The van der Waals surface area contributed by atoms with Gasteiger partial charge in [0, 0.05) is 7.11 Å². The van der Waals surface area contributed by atoms with Gasteiger partial charge in [-0.15, -0.1) is 0 Å². The Hall–Kier alpha value is -1.92. The molecule has 0 aromatic heterocycles. The Morgan fingerprint density at radius 3 is 1.94 bits per heavy atom. The topological polar surface area (TPSA) is 138 Å². The van der Waals surface area contributed by atoms with Crippen molar-refractivity contribution in [1.29, 1.82) is 0 Å². The standard InChI is InChI=1S/C23H30O8.CH4O/c24-11-19-20(25)21(26)22(27)23(31-19)30-15-18(29-13-17-9-5-2-6-10-17)14-28-12-16-7-3-1-4-8-16;1-2/h1-10,18-27H,11-15H2;2H,1H3/t18-,19?,20?,21?,22?,23?;/m0./s1. The second-order valence-corrected chi connectivity index (χ2v) is 7.45. The molecule has 0 bridgehead atoms. The molecule has 33 heavy (non-hydrogen) atoms. The van der Waals surface area contributed by atoms with Crippen molar-refractivity contribution >= 4 is 0 Å². The van der Waals surface area contributed by atoms with Crippen molar-refractivity contribution in [3.63, 3.8) is 0 Å². The van der Waals surface area contributed by atoms with E-state index in [-0.39, 0.29) is 13.2 Å². The highest BCUT2D eigenvalue weighted by molar-refractivity contribution is 5.14. The van der Waals surface area contributed by atoms with E-state index >= 15 is 0 Å². The van der Waals surface area contributed by atoms with E-state index in [9.17, 15) is 20.4 Å². The van der Waals surface area contributed by atoms with Gasteiger partial charge in [0.2, 0.25) is 0 Å². The van der Waals surface area contributed by atoms with Gasteiger partial charge < -0.3 is 44.5 Å². The molecule has 2 aromatic carbocycles. The molecule has 0 spiro atoms. The molecule has 2 aromatic rings. The van der Waals surface area contributed by atoms with Crippen molar-refractivity contribution in [2.75, 3.05) is 26.9 Å². The Morgan fingerprint density at radius 1 is 0.788 bits per heavy atom. The van der Waals surface area contributed by atoms with Gasteiger partial charge in [0.15, 0.2) is 6.29 Å². The maximum Gasteiger partial charge on any atom is 0.186 e. The molecule has 1 saturated heterocycles. The minimum absolute atomic E-state index is 0.0182. The first-order chi connectivity index (χ1) is 16.1. The smallest absolute Gasteiger partial charge is 0.186 e. The second-order valence-electron chi connectivity index (χ2n) is 7.45. The molecule has 0 aliphatic carbocycles. The SMILES string of the molecule is CO.OCC1OC(OC[C@H](COCc2ccccc2)OCc2ccccc2)C(O)C(O)C1O. The number of aliphatic hydroxyl groups excluding tert-OH is 5. The molecule has 9 heteroatoms. The van der Waals surface area contributed by atoms with Gasteiger partial charge in [0.05, 0.1) is 33.0 Å². The van der Waals surface area contributed by atoms with Crippen LogP contribution in [-0.4, -0.2) is 89.3 Å². The minimum Gasteiger partial charge on any atom is -0.400 e. The summed E-state index contributed by atoms with van der Waals surface area (Å²) in [5.41, 5.74) is 2.02. The summed E-state index contributed by atoms with van der Waals surface area (Å²) in [4.78, 5) is 0. The van der Waals surface area contributed by atoms with E-state index in [1.165, 1.54) is 0 Å². The Bertz CT molecular complexity index is 744. The second kappa shape index (κ2) is 15.1. The third-order valence-corrected chi connectivity index (χ3v) is 5.04. The van der Waals surface area contributed by atoms with Crippen LogP contribution in [0.4, 0.5) is 0 Å². The van der Waals surface area contributed by atoms with E-state index in [4.69, 9.17) is 24.1 Å². The Morgan fingerprint density at radius 2 is 1.36 bits per heavy atom. The molecule has 5 unspecified atom stereocenters. The van der Waals surface area contributed by atoms with Crippen LogP contribution in [0.5, 0.6) is 0 Å². The Balaban J connectivity index is 0.00000187. The first-order valence-electron chi connectivity index (χ1n) is 10.7. The quantitative estimate of drug-likeness (QED) is 0.315. The monoisotopic (exact) mass is 466 g/mol. The van der Waals surface area contributed by atoms with Gasteiger partial charge in [-0.1, -0.05) is 60.7 Å². The molecule has 1 aliphatic heterocycles. The minimum atomic E-state index is -1.49. The van der Waals surface area contributed by atoms with Crippen molar-refractivity contribution in [3.05, 3.63) is 71.8 Å². The molecule has 1 heterocycles. The number of rotatable bonds is 11. The highest BCUT2D eigenvalue weighted by Gasteiger charge is 2.44. The summed E-state index contributed by atoms with van der Waals surface area (Å²) in [6.45, 7) is 0.493. The van der Waals surface area contributed by atoms with Gasteiger partial charge in [0.1, 0.15) is 30.5 Å². The number of hydrogen-bond donors (Lipinski definition) is 5. The molecule has 5 N–H and O–H groups in total. The highest BCUT2D eigenvalue weighted by Crippen LogP contribution is 2.22. The fraction of sp³-hybridized carbons (Fsp3) is 0.500. The number of aliphatic hydroxyl groups is 5. The van der Waals surface area contributed by atoms with Gasteiger partial charge in [-0.25, -0.2) is 0 Å². The lowest BCUT2D eigenvalue weighted by molar-refractivity contribution is -0.306. The molecule has 0 saturated carbocycles. The maximum absolute atomic E-state index is 10.2. The summed E-state index contributed by atoms with van der Waals surface area (Å²) in [6.07, 6.45) is -7.10. The van der Waals surface area contributed by atoms with E-state index < -0.39 is 43.4 Å². The van der Waals surface area contributed by atoms with Crippen LogP contribution in [0.3, 0.4) is 0 Å². The third kappa shape index (κ3) is 8.74. The zero-order chi connectivity index (χ0) is 24.1. The summed E-state index contributed by atoms with van der Waals surface area (Å²) in [6, 6.07) is 19.4. The predicted octanol–water partition coefficient (Wildman–Crippen LogP) is 0.214. The van der Waals surface area contributed by atoms with E-state index in [1.54, 1.807) is 0 Å². The molecule has 0 radical (unpaired) electrons. The first-order valence-corrected chi connectivity index (χ1v) is 10.7. The number of benzene rings is 2. The molecule has 9 nitrogen and oxygen atoms in total. The third-order valence-electron chi connectivity index (χ3n) is 5.04. The Kier molecular flexibility index (Phi) is 12.5. The van der Waals surface area contributed by atoms with Crippen LogP contribution in [0.25, 0.3) is 0 Å². The van der Waals surface area contributed by atoms with Crippen LogP contribution in [0.2, 0.25) is 0 Å². The lowest BCUT2D eigenvalue weighted by atomic mass is 9.99. The zero-order valence-electron chi connectivity index (χ0n) is 18.6. The maximum atomic E-state index is 10.2. The van der Waals surface area contributed by atoms with Gasteiger partial charge in [-0.3, -0.25) is 0 Å².